The average molecular weight is 447 g/mol. The summed E-state index contributed by atoms with van der Waals surface area (Å²) in [4.78, 5) is 28.0. The van der Waals surface area contributed by atoms with Gasteiger partial charge in [-0.15, -0.1) is 0 Å². The molecule has 0 saturated heterocycles. The summed E-state index contributed by atoms with van der Waals surface area (Å²) in [6.45, 7) is 3.54. The number of aromatic nitrogens is 2. The van der Waals surface area contributed by atoms with Crippen LogP contribution in [0.5, 0.6) is 0 Å². The largest absolute Gasteiger partial charge is 0.348 e. The van der Waals surface area contributed by atoms with Crippen molar-refractivity contribution in [3.05, 3.63) is 59.7 Å². The van der Waals surface area contributed by atoms with Gasteiger partial charge in [-0.3, -0.25) is 9.36 Å². The zero-order valence-corrected chi connectivity index (χ0v) is 14.7. The summed E-state index contributed by atoms with van der Waals surface area (Å²) in [5.74, 6) is -0.107. The van der Waals surface area contributed by atoms with Gasteiger partial charge in [0, 0.05) is 14.8 Å². The van der Waals surface area contributed by atoms with Crippen molar-refractivity contribution in [2.75, 3.05) is 0 Å². The number of rotatable bonds is 3. The van der Waals surface area contributed by atoms with Crippen LogP contribution in [0.3, 0.4) is 0 Å². The smallest absolute Gasteiger partial charge is 0.292 e. The number of carbonyl (C=O) groups is 1. The van der Waals surface area contributed by atoms with Crippen LogP contribution in [0.2, 0.25) is 0 Å². The molecule has 1 heterocycles. The number of hydrogen-bond donors (Lipinski definition) is 0. The molecule has 0 bridgehead atoms. The molecule has 0 unspecified atom stereocenters. The van der Waals surface area contributed by atoms with Crippen LogP contribution >= 0.6 is 38.5 Å². The molecule has 0 aliphatic rings. The maximum Gasteiger partial charge on any atom is 0.348 e. The van der Waals surface area contributed by atoms with Crippen molar-refractivity contribution in [3.63, 3.8) is 0 Å². The van der Waals surface area contributed by atoms with Gasteiger partial charge >= 0.3 is 5.69 Å². The first kappa shape index (κ1) is 15.4. The summed E-state index contributed by atoms with van der Waals surface area (Å²) in [7, 11) is 0. The number of halogens is 2. The minimum Gasteiger partial charge on any atom is -0.292 e. The van der Waals surface area contributed by atoms with Crippen LogP contribution in [-0.4, -0.2) is 15.3 Å². The highest BCUT2D eigenvalue weighted by Gasteiger charge is 2.13. The summed E-state index contributed by atoms with van der Waals surface area (Å²) in [5.41, 5.74) is 1.53. The average Bonchev–Trinajstić information content (AvgIpc) is 2.42. The van der Waals surface area contributed by atoms with Gasteiger partial charge in [0.25, 0.3) is 0 Å². The molecule has 0 amide bonds. The van der Waals surface area contributed by atoms with E-state index in [1.54, 1.807) is 26.0 Å². The van der Waals surface area contributed by atoms with E-state index in [0.717, 1.165) is 8.04 Å². The fraction of sp³-hybridized carbons (Fsp3) is 0.214. The van der Waals surface area contributed by atoms with Gasteiger partial charge in [0.05, 0.1) is 16.7 Å². The first-order chi connectivity index (χ1) is 9.40. The SMILES string of the molecule is Cc1nc(=O)n(CC(=O)c2ccc(I)cc2)c(C)c1Br. The molecule has 6 heteroatoms. The highest BCUT2D eigenvalue weighted by molar-refractivity contribution is 14.1. The molecule has 0 aliphatic carbocycles. The van der Waals surface area contributed by atoms with Gasteiger partial charge in [-0.1, -0.05) is 12.1 Å². The third-order valence-corrected chi connectivity index (χ3v) is 4.87. The molecule has 104 valence electrons. The quantitative estimate of drug-likeness (QED) is 0.537. The van der Waals surface area contributed by atoms with Gasteiger partial charge in [0.1, 0.15) is 0 Å². The Balaban J connectivity index is 2.35. The van der Waals surface area contributed by atoms with Gasteiger partial charge in [-0.05, 0) is 64.5 Å². The molecular weight excluding hydrogens is 435 g/mol. The van der Waals surface area contributed by atoms with E-state index < -0.39 is 5.69 Å². The third kappa shape index (κ3) is 3.17. The maximum atomic E-state index is 12.2. The van der Waals surface area contributed by atoms with E-state index in [9.17, 15) is 9.59 Å². The highest BCUT2D eigenvalue weighted by Crippen LogP contribution is 2.17. The topological polar surface area (TPSA) is 52.0 Å². The second-order valence-electron chi connectivity index (χ2n) is 4.40. The Kier molecular flexibility index (Phi) is 4.74. The van der Waals surface area contributed by atoms with Gasteiger partial charge in [0.15, 0.2) is 5.78 Å². The summed E-state index contributed by atoms with van der Waals surface area (Å²) < 4.78 is 3.21. The number of nitrogens with zero attached hydrogens (tertiary/aromatic N) is 2. The van der Waals surface area contributed by atoms with Crippen molar-refractivity contribution in [1.29, 1.82) is 0 Å². The van der Waals surface area contributed by atoms with E-state index in [1.807, 2.05) is 12.1 Å². The van der Waals surface area contributed by atoms with E-state index in [0.29, 0.717) is 17.0 Å². The van der Waals surface area contributed by atoms with Crippen LogP contribution in [0, 0.1) is 17.4 Å². The molecule has 2 aromatic rings. The molecule has 0 atom stereocenters. The van der Waals surface area contributed by atoms with Gasteiger partial charge in [-0.25, -0.2) is 4.79 Å². The molecule has 1 aromatic carbocycles. The van der Waals surface area contributed by atoms with Gasteiger partial charge in [-0.2, -0.15) is 4.98 Å². The lowest BCUT2D eigenvalue weighted by atomic mass is 10.1. The predicted molar refractivity (Wildman–Crippen MR) is 89.2 cm³/mol. The highest BCUT2D eigenvalue weighted by atomic mass is 127. The fourth-order valence-corrected chi connectivity index (χ4v) is 2.50. The monoisotopic (exact) mass is 446 g/mol. The Morgan fingerprint density at radius 3 is 2.50 bits per heavy atom. The minimum absolute atomic E-state index is 0.00284. The lowest BCUT2D eigenvalue weighted by Crippen LogP contribution is -2.29. The third-order valence-electron chi connectivity index (χ3n) is 3.00. The van der Waals surface area contributed by atoms with E-state index in [4.69, 9.17) is 0 Å². The summed E-state index contributed by atoms with van der Waals surface area (Å²) >= 11 is 5.56. The lowest BCUT2D eigenvalue weighted by molar-refractivity contribution is 0.0969. The van der Waals surface area contributed by atoms with Gasteiger partial charge in [0.2, 0.25) is 0 Å². The number of aryl methyl sites for hydroxylation is 1. The second-order valence-corrected chi connectivity index (χ2v) is 6.43. The Morgan fingerprint density at radius 1 is 1.30 bits per heavy atom. The molecule has 4 nitrogen and oxygen atoms in total. The van der Waals surface area contributed by atoms with E-state index >= 15 is 0 Å². The van der Waals surface area contributed by atoms with Crippen LogP contribution in [0.4, 0.5) is 0 Å². The number of benzene rings is 1. The van der Waals surface area contributed by atoms with Gasteiger partial charge < -0.3 is 0 Å². The fourth-order valence-electron chi connectivity index (χ4n) is 1.83. The number of carbonyl (C=O) groups excluding carboxylic acids is 1. The van der Waals surface area contributed by atoms with Crippen molar-refractivity contribution in [3.8, 4) is 0 Å². The van der Waals surface area contributed by atoms with Crippen LogP contribution in [0.15, 0.2) is 33.5 Å². The van der Waals surface area contributed by atoms with E-state index in [2.05, 4.69) is 43.5 Å². The van der Waals surface area contributed by atoms with Crippen LogP contribution in [-0.2, 0) is 6.54 Å². The lowest BCUT2D eigenvalue weighted by Gasteiger charge is -2.11. The number of ketones is 1. The first-order valence-corrected chi connectivity index (χ1v) is 7.79. The Hall–Kier alpha value is -1.02. The molecule has 0 N–H and O–H groups in total. The first-order valence-electron chi connectivity index (χ1n) is 5.92. The molecular formula is C14H12BrIN2O2. The predicted octanol–water partition coefficient (Wildman–Crippen LogP) is 3.11. The molecule has 0 radical (unpaired) electrons. The van der Waals surface area contributed by atoms with Crippen LogP contribution < -0.4 is 5.69 Å². The van der Waals surface area contributed by atoms with Crippen molar-refractivity contribution in [2.45, 2.75) is 20.4 Å². The summed E-state index contributed by atoms with van der Waals surface area (Å²) in [5, 5.41) is 0. The van der Waals surface area contributed by atoms with Crippen molar-refractivity contribution in [1.82, 2.24) is 9.55 Å². The number of hydrogen-bond acceptors (Lipinski definition) is 3. The van der Waals surface area contributed by atoms with E-state index in [1.165, 1.54) is 4.57 Å². The maximum absolute atomic E-state index is 12.2. The van der Waals surface area contributed by atoms with Crippen molar-refractivity contribution < 1.29 is 4.79 Å². The molecule has 2 rings (SSSR count). The molecule has 0 saturated carbocycles. The number of Topliss-reactive ketones (excluding diaryl/α,β-unsaturated/α-hetero) is 1. The van der Waals surface area contributed by atoms with Crippen molar-refractivity contribution >= 4 is 44.3 Å². The standard InChI is InChI=1S/C14H12BrIN2O2/c1-8-13(15)9(2)18(14(20)17-8)7-12(19)10-3-5-11(16)6-4-10/h3-6H,7H2,1-2H3. The molecule has 0 fully saturated rings. The van der Waals surface area contributed by atoms with E-state index in [-0.39, 0.29) is 12.3 Å². The van der Waals surface area contributed by atoms with Crippen molar-refractivity contribution in [2.24, 2.45) is 0 Å². The zero-order chi connectivity index (χ0) is 14.9. The van der Waals surface area contributed by atoms with Crippen LogP contribution in [0.1, 0.15) is 21.7 Å². The normalized spacial score (nSPS) is 10.6. The Labute approximate surface area is 138 Å². The minimum atomic E-state index is -0.401. The summed E-state index contributed by atoms with van der Waals surface area (Å²) in [6.07, 6.45) is 0. The molecule has 0 spiro atoms. The second kappa shape index (κ2) is 6.17. The van der Waals surface area contributed by atoms with Crippen LogP contribution in [0.25, 0.3) is 0 Å². The zero-order valence-electron chi connectivity index (χ0n) is 11.0. The Morgan fingerprint density at radius 2 is 1.90 bits per heavy atom. The summed E-state index contributed by atoms with van der Waals surface area (Å²) in [6, 6.07) is 7.27. The molecule has 0 aliphatic heterocycles. The Bertz CT molecular complexity index is 723. The molecule has 1 aromatic heterocycles. The molecule has 20 heavy (non-hydrogen) atoms.